The van der Waals surface area contributed by atoms with Gasteiger partial charge in [-0.05, 0) is 18.1 Å². The molecule has 1 aromatic carbocycles. The lowest BCUT2D eigenvalue weighted by Gasteiger charge is -2.00. The highest BCUT2D eigenvalue weighted by molar-refractivity contribution is 5.96. The molecule has 0 amide bonds. The Labute approximate surface area is 95.5 Å². The van der Waals surface area contributed by atoms with Crippen molar-refractivity contribution in [2.75, 3.05) is 0 Å². The molecular formula is C14H15NO. The van der Waals surface area contributed by atoms with Crippen molar-refractivity contribution in [2.24, 2.45) is 7.05 Å². The van der Waals surface area contributed by atoms with Crippen LogP contribution in [0.3, 0.4) is 0 Å². The maximum atomic E-state index is 11.5. The molecule has 0 atom stereocenters. The number of rotatable bonds is 2. The topological polar surface area (TPSA) is 22.0 Å². The van der Waals surface area contributed by atoms with Gasteiger partial charge in [-0.1, -0.05) is 30.3 Å². The van der Waals surface area contributed by atoms with Gasteiger partial charge in [0.15, 0.2) is 5.78 Å². The highest BCUT2D eigenvalue weighted by atomic mass is 16.1. The number of aromatic nitrogens is 1. The summed E-state index contributed by atoms with van der Waals surface area (Å²) in [4.78, 5) is 11.5. The zero-order valence-electron chi connectivity index (χ0n) is 9.82. The Morgan fingerprint density at radius 1 is 1.19 bits per heavy atom. The highest BCUT2D eigenvalue weighted by Crippen LogP contribution is 2.27. The van der Waals surface area contributed by atoms with Gasteiger partial charge in [-0.2, -0.15) is 0 Å². The largest absolute Gasteiger partial charge is 0.347 e. The maximum absolute atomic E-state index is 11.5. The summed E-state index contributed by atoms with van der Waals surface area (Å²) in [5.74, 6) is 0.113. The fraction of sp³-hybridized carbons (Fsp3) is 0.214. The Bertz CT molecular complexity index is 523. The third-order valence-corrected chi connectivity index (χ3v) is 2.85. The molecule has 0 spiro atoms. The summed E-state index contributed by atoms with van der Waals surface area (Å²) in [6, 6.07) is 10.1. The zero-order valence-corrected chi connectivity index (χ0v) is 9.82. The summed E-state index contributed by atoms with van der Waals surface area (Å²) < 4.78 is 1.90. The number of carbonyl (C=O) groups is 1. The van der Waals surface area contributed by atoms with E-state index < -0.39 is 0 Å². The molecule has 0 aliphatic carbocycles. The van der Waals surface area contributed by atoms with Crippen LogP contribution < -0.4 is 0 Å². The maximum Gasteiger partial charge on any atom is 0.176 e. The first-order valence-corrected chi connectivity index (χ1v) is 5.33. The van der Waals surface area contributed by atoms with Gasteiger partial charge in [-0.3, -0.25) is 4.79 Å². The molecule has 16 heavy (non-hydrogen) atoms. The molecule has 1 aromatic heterocycles. The number of aryl methyl sites for hydroxylation is 1. The molecule has 0 N–H and O–H groups in total. The lowest BCUT2D eigenvalue weighted by molar-refractivity contribution is 0.100. The van der Waals surface area contributed by atoms with E-state index in [1.54, 1.807) is 6.92 Å². The van der Waals surface area contributed by atoms with E-state index >= 15 is 0 Å². The van der Waals surface area contributed by atoms with Crippen molar-refractivity contribution in [1.29, 1.82) is 0 Å². The van der Waals surface area contributed by atoms with Gasteiger partial charge in [0, 0.05) is 25.7 Å². The van der Waals surface area contributed by atoms with Gasteiger partial charge in [0.25, 0.3) is 0 Å². The predicted octanol–water partition coefficient (Wildman–Crippen LogP) is 3.20. The lowest BCUT2D eigenvalue weighted by Crippen LogP contribution is -2.02. The van der Waals surface area contributed by atoms with Gasteiger partial charge in [0.1, 0.15) is 0 Å². The number of hydrogen-bond donors (Lipinski definition) is 0. The van der Waals surface area contributed by atoms with Crippen molar-refractivity contribution in [1.82, 2.24) is 4.57 Å². The van der Waals surface area contributed by atoms with Gasteiger partial charge in [-0.25, -0.2) is 0 Å². The quantitative estimate of drug-likeness (QED) is 0.702. The van der Waals surface area contributed by atoms with Crippen LogP contribution in [0.4, 0.5) is 0 Å². The van der Waals surface area contributed by atoms with E-state index in [4.69, 9.17) is 0 Å². The second kappa shape index (κ2) is 3.97. The molecule has 2 aromatic rings. The number of hydrogen-bond acceptors (Lipinski definition) is 1. The van der Waals surface area contributed by atoms with Gasteiger partial charge < -0.3 is 4.57 Å². The summed E-state index contributed by atoms with van der Waals surface area (Å²) in [6.45, 7) is 3.61. The molecule has 0 aliphatic heterocycles. The minimum Gasteiger partial charge on any atom is -0.347 e. The average Bonchev–Trinajstić information content (AvgIpc) is 2.55. The smallest absolute Gasteiger partial charge is 0.176 e. The molecule has 0 radical (unpaired) electrons. The van der Waals surface area contributed by atoms with Crippen LogP contribution in [0.5, 0.6) is 0 Å². The van der Waals surface area contributed by atoms with Gasteiger partial charge >= 0.3 is 0 Å². The SMILES string of the molecule is CC(=O)c1c(C)c(-c2ccccc2)cn1C. The number of Topliss-reactive ketones (excluding diaryl/α,β-unsaturated/α-hetero) is 1. The van der Waals surface area contributed by atoms with E-state index in [0.717, 1.165) is 22.4 Å². The Hall–Kier alpha value is -1.83. The van der Waals surface area contributed by atoms with E-state index in [1.165, 1.54) is 0 Å². The first-order valence-electron chi connectivity index (χ1n) is 5.33. The highest BCUT2D eigenvalue weighted by Gasteiger charge is 2.14. The van der Waals surface area contributed by atoms with Crippen LogP contribution in [0.1, 0.15) is 23.0 Å². The standard InChI is InChI=1S/C14H15NO/c1-10-13(12-7-5-4-6-8-12)9-15(3)14(10)11(2)16/h4-9H,1-3H3. The van der Waals surface area contributed by atoms with Gasteiger partial charge in [-0.15, -0.1) is 0 Å². The van der Waals surface area contributed by atoms with Crippen LogP contribution in [0.25, 0.3) is 11.1 Å². The summed E-state index contributed by atoms with van der Waals surface area (Å²) >= 11 is 0. The molecule has 2 nitrogen and oxygen atoms in total. The van der Waals surface area contributed by atoms with Crippen LogP contribution in [0.2, 0.25) is 0 Å². The molecule has 0 fully saturated rings. The summed E-state index contributed by atoms with van der Waals surface area (Å²) in [5, 5.41) is 0. The van der Waals surface area contributed by atoms with Gasteiger partial charge in [0.2, 0.25) is 0 Å². The second-order valence-electron chi connectivity index (χ2n) is 4.05. The van der Waals surface area contributed by atoms with Crippen LogP contribution in [0, 0.1) is 6.92 Å². The third-order valence-electron chi connectivity index (χ3n) is 2.85. The average molecular weight is 213 g/mol. The molecule has 0 aliphatic rings. The molecule has 0 unspecified atom stereocenters. The van der Waals surface area contributed by atoms with Crippen molar-refractivity contribution in [3.05, 3.63) is 47.8 Å². The van der Waals surface area contributed by atoms with Crippen LogP contribution in [-0.2, 0) is 7.05 Å². The molecule has 2 heteroatoms. The first-order chi connectivity index (χ1) is 7.61. The summed E-state index contributed by atoms with van der Waals surface area (Å²) in [5.41, 5.74) is 4.14. The van der Waals surface area contributed by atoms with E-state index in [0.29, 0.717) is 0 Å². The first kappa shape index (κ1) is 10.7. The van der Waals surface area contributed by atoms with E-state index in [1.807, 2.05) is 42.9 Å². The Morgan fingerprint density at radius 3 is 2.31 bits per heavy atom. The number of benzene rings is 1. The van der Waals surface area contributed by atoms with Crippen molar-refractivity contribution < 1.29 is 4.79 Å². The third kappa shape index (κ3) is 1.67. The molecule has 0 bridgehead atoms. The Kier molecular flexibility index (Phi) is 2.65. The minimum absolute atomic E-state index is 0.113. The van der Waals surface area contributed by atoms with Crippen LogP contribution >= 0.6 is 0 Å². The second-order valence-corrected chi connectivity index (χ2v) is 4.05. The van der Waals surface area contributed by atoms with Crippen LogP contribution in [-0.4, -0.2) is 10.4 Å². The molecule has 82 valence electrons. The van der Waals surface area contributed by atoms with E-state index in [9.17, 15) is 4.79 Å². The van der Waals surface area contributed by atoms with Crippen LogP contribution in [0.15, 0.2) is 36.5 Å². The Morgan fingerprint density at radius 2 is 1.81 bits per heavy atom. The van der Waals surface area contributed by atoms with E-state index in [-0.39, 0.29) is 5.78 Å². The fourth-order valence-electron chi connectivity index (χ4n) is 2.17. The summed E-state index contributed by atoms with van der Waals surface area (Å²) in [7, 11) is 1.91. The van der Waals surface area contributed by atoms with Crippen molar-refractivity contribution in [3.8, 4) is 11.1 Å². The molecule has 2 rings (SSSR count). The number of carbonyl (C=O) groups excluding carboxylic acids is 1. The van der Waals surface area contributed by atoms with Crippen molar-refractivity contribution >= 4 is 5.78 Å². The number of ketones is 1. The monoisotopic (exact) mass is 213 g/mol. The molecule has 0 saturated heterocycles. The predicted molar refractivity (Wildman–Crippen MR) is 65.6 cm³/mol. The lowest BCUT2D eigenvalue weighted by atomic mass is 10.0. The zero-order chi connectivity index (χ0) is 11.7. The fourth-order valence-corrected chi connectivity index (χ4v) is 2.17. The van der Waals surface area contributed by atoms with Gasteiger partial charge in [0.05, 0.1) is 5.69 Å². The minimum atomic E-state index is 0.113. The van der Waals surface area contributed by atoms with E-state index in [2.05, 4.69) is 12.1 Å². The molecular weight excluding hydrogens is 198 g/mol. The van der Waals surface area contributed by atoms with Crippen molar-refractivity contribution in [2.45, 2.75) is 13.8 Å². The normalized spacial score (nSPS) is 10.4. The number of nitrogens with zero attached hydrogens (tertiary/aromatic N) is 1. The molecule has 1 heterocycles. The summed E-state index contributed by atoms with van der Waals surface area (Å²) in [6.07, 6.45) is 2.02. The van der Waals surface area contributed by atoms with Crippen molar-refractivity contribution in [3.63, 3.8) is 0 Å². The Balaban J connectivity index is 2.61. The molecule has 0 saturated carbocycles.